The first-order valence-corrected chi connectivity index (χ1v) is 10.9. The topological polar surface area (TPSA) is 54.4 Å². The molecule has 0 saturated carbocycles. The third-order valence-corrected chi connectivity index (χ3v) is 5.96. The fourth-order valence-corrected chi connectivity index (χ4v) is 3.81. The Labute approximate surface area is 175 Å². The SMILES string of the molecule is O=S(=O)(O)c1ccc(-c2ccc(-c3ccc(-c4ccc(S)cc4)cc3)cc2)cc1. The molecule has 0 aliphatic carbocycles. The molecule has 0 aliphatic rings. The van der Waals surface area contributed by atoms with Crippen LogP contribution in [0.1, 0.15) is 0 Å². The average molecular weight is 419 g/mol. The van der Waals surface area contributed by atoms with E-state index in [1.165, 1.54) is 12.1 Å². The molecule has 0 saturated heterocycles. The molecule has 0 aliphatic heterocycles. The Balaban J connectivity index is 1.55. The minimum absolute atomic E-state index is 0.109. The molecule has 4 rings (SSSR count). The summed E-state index contributed by atoms with van der Waals surface area (Å²) in [6.45, 7) is 0. The third kappa shape index (κ3) is 4.43. The van der Waals surface area contributed by atoms with Gasteiger partial charge >= 0.3 is 0 Å². The van der Waals surface area contributed by atoms with Crippen LogP contribution in [-0.2, 0) is 10.1 Å². The van der Waals surface area contributed by atoms with E-state index in [9.17, 15) is 8.42 Å². The van der Waals surface area contributed by atoms with Crippen LogP contribution in [-0.4, -0.2) is 13.0 Å². The van der Waals surface area contributed by atoms with E-state index in [0.29, 0.717) is 0 Å². The molecule has 0 amide bonds. The molecule has 29 heavy (non-hydrogen) atoms. The highest BCUT2D eigenvalue weighted by molar-refractivity contribution is 7.85. The molecular formula is C24H18O3S2. The summed E-state index contributed by atoms with van der Waals surface area (Å²) < 4.78 is 31.4. The van der Waals surface area contributed by atoms with E-state index in [1.54, 1.807) is 12.1 Å². The van der Waals surface area contributed by atoms with E-state index in [-0.39, 0.29) is 4.90 Å². The molecule has 0 fully saturated rings. The molecule has 3 nitrogen and oxygen atoms in total. The van der Waals surface area contributed by atoms with Gasteiger partial charge in [0, 0.05) is 4.90 Å². The van der Waals surface area contributed by atoms with Crippen molar-refractivity contribution in [3.63, 3.8) is 0 Å². The van der Waals surface area contributed by atoms with Crippen molar-refractivity contribution < 1.29 is 13.0 Å². The summed E-state index contributed by atoms with van der Waals surface area (Å²) in [5, 5.41) is 0. The minimum Gasteiger partial charge on any atom is -0.282 e. The molecule has 0 atom stereocenters. The largest absolute Gasteiger partial charge is 0.294 e. The zero-order valence-corrected chi connectivity index (χ0v) is 17.1. The molecule has 5 heteroatoms. The zero-order valence-electron chi connectivity index (χ0n) is 15.4. The van der Waals surface area contributed by atoms with Crippen molar-refractivity contribution >= 4 is 22.7 Å². The molecule has 0 heterocycles. The molecular weight excluding hydrogens is 400 g/mol. The van der Waals surface area contributed by atoms with E-state index in [1.807, 2.05) is 36.4 Å². The summed E-state index contributed by atoms with van der Waals surface area (Å²) in [5.41, 5.74) is 6.37. The van der Waals surface area contributed by atoms with Crippen LogP contribution in [0.15, 0.2) is 107 Å². The lowest BCUT2D eigenvalue weighted by atomic mass is 9.98. The normalized spacial score (nSPS) is 11.4. The number of hydrogen-bond acceptors (Lipinski definition) is 3. The van der Waals surface area contributed by atoms with Crippen molar-refractivity contribution in [2.75, 3.05) is 0 Å². The van der Waals surface area contributed by atoms with Gasteiger partial charge in [0.05, 0.1) is 4.90 Å². The standard InChI is InChI=1S/C24H18O3S2/c25-29(26,27)24-15-11-22(12-16-24)20-7-3-18(4-8-20)17-1-5-19(6-2-17)21-9-13-23(28)14-10-21/h1-16,28H,(H,25,26,27). The molecule has 4 aromatic rings. The fourth-order valence-electron chi connectivity index (χ4n) is 3.18. The second kappa shape index (κ2) is 7.87. The van der Waals surface area contributed by atoms with Crippen LogP contribution in [0.5, 0.6) is 0 Å². The summed E-state index contributed by atoms with van der Waals surface area (Å²) in [5.74, 6) is 0. The highest BCUT2D eigenvalue weighted by atomic mass is 32.2. The van der Waals surface area contributed by atoms with Crippen molar-refractivity contribution in [3.05, 3.63) is 97.1 Å². The Bertz CT molecular complexity index is 1230. The number of hydrogen-bond donors (Lipinski definition) is 2. The second-order valence-corrected chi connectivity index (χ2v) is 8.64. The van der Waals surface area contributed by atoms with E-state index in [4.69, 9.17) is 4.55 Å². The van der Waals surface area contributed by atoms with Crippen LogP contribution in [0.3, 0.4) is 0 Å². The monoisotopic (exact) mass is 418 g/mol. The van der Waals surface area contributed by atoms with E-state index in [0.717, 1.165) is 38.3 Å². The van der Waals surface area contributed by atoms with Gasteiger partial charge in [-0.3, -0.25) is 4.55 Å². The lowest BCUT2D eigenvalue weighted by molar-refractivity contribution is 0.483. The van der Waals surface area contributed by atoms with E-state index < -0.39 is 10.1 Å². The molecule has 1 N–H and O–H groups in total. The molecule has 0 aromatic heterocycles. The van der Waals surface area contributed by atoms with Gasteiger partial charge in [-0.2, -0.15) is 8.42 Å². The van der Waals surface area contributed by atoms with Crippen molar-refractivity contribution in [1.29, 1.82) is 0 Å². The number of rotatable bonds is 4. The van der Waals surface area contributed by atoms with E-state index in [2.05, 4.69) is 49.0 Å². The Morgan fingerprint density at radius 3 is 1.00 bits per heavy atom. The predicted octanol–water partition coefficient (Wildman–Crippen LogP) is 6.22. The molecule has 144 valence electrons. The highest BCUT2D eigenvalue weighted by Crippen LogP contribution is 2.28. The van der Waals surface area contributed by atoms with Gasteiger partial charge in [0.1, 0.15) is 0 Å². The minimum atomic E-state index is -4.17. The van der Waals surface area contributed by atoms with Gasteiger partial charge in [-0.25, -0.2) is 0 Å². The summed E-state index contributed by atoms with van der Waals surface area (Å²) >= 11 is 4.32. The predicted molar refractivity (Wildman–Crippen MR) is 120 cm³/mol. The van der Waals surface area contributed by atoms with Crippen LogP contribution in [0.2, 0.25) is 0 Å². The Morgan fingerprint density at radius 1 is 0.483 bits per heavy atom. The molecule has 0 radical (unpaired) electrons. The van der Waals surface area contributed by atoms with Crippen LogP contribution in [0.4, 0.5) is 0 Å². The summed E-state index contributed by atoms with van der Waals surface area (Å²) in [6.07, 6.45) is 0. The Hall–Kier alpha value is -2.86. The second-order valence-electron chi connectivity index (χ2n) is 6.70. The van der Waals surface area contributed by atoms with Gasteiger partial charge in [-0.1, -0.05) is 72.8 Å². The third-order valence-electron chi connectivity index (χ3n) is 4.79. The lowest BCUT2D eigenvalue weighted by Gasteiger charge is -2.07. The van der Waals surface area contributed by atoms with Crippen LogP contribution in [0.25, 0.3) is 33.4 Å². The maximum absolute atomic E-state index is 11.2. The van der Waals surface area contributed by atoms with Gasteiger partial charge in [0.25, 0.3) is 10.1 Å². The van der Waals surface area contributed by atoms with Gasteiger partial charge < -0.3 is 0 Å². The van der Waals surface area contributed by atoms with Gasteiger partial charge in [-0.05, 0) is 57.6 Å². The molecule has 0 unspecified atom stereocenters. The lowest BCUT2D eigenvalue weighted by Crippen LogP contribution is -1.97. The van der Waals surface area contributed by atoms with Crippen molar-refractivity contribution in [2.24, 2.45) is 0 Å². The zero-order chi connectivity index (χ0) is 20.4. The maximum Gasteiger partial charge on any atom is 0.294 e. The first kappa shape index (κ1) is 19.5. The molecule has 4 aromatic carbocycles. The number of benzene rings is 4. The highest BCUT2D eigenvalue weighted by Gasteiger charge is 2.09. The van der Waals surface area contributed by atoms with Crippen molar-refractivity contribution in [1.82, 2.24) is 0 Å². The van der Waals surface area contributed by atoms with Gasteiger partial charge in [-0.15, -0.1) is 12.6 Å². The molecule has 0 spiro atoms. The maximum atomic E-state index is 11.2. The summed E-state index contributed by atoms with van der Waals surface area (Å²) in [6, 6.07) is 30.7. The first-order chi connectivity index (χ1) is 13.9. The van der Waals surface area contributed by atoms with Crippen LogP contribution < -0.4 is 0 Å². The Kier molecular flexibility index (Phi) is 5.28. The van der Waals surface area contributed by atoms with Crippen LogP contribution in [0, 0.1) is 0 Å². The van der Waals surface area contributed by atoms with Crippen LogP contribution >= 0.6 is 12.6 Å². The van der Waals surface area contributed by atoms with Crippen molar-refractivity contribution in [2.45, 2.75) is 9.79 Å². The summed E-state index contributed by atoms with van der Waals surface area (Å²) in [4.78, 5) is 0.833. The molecule has 0 bridgehead atoms. The fraction of sp³-hybridized carbons (Fsp3) is 0. The van der Waals surface area contributed by atoms with Gasteiger partial charge in [0.15, 0.2) is 0 Å². The van der Waals surface area contributed by atoms with E-state index >= 15 is 0 Å². The number of thiol groups is 1. The first-order valence-electron chi connectivity index (χ1n) is 8.98. The smallest absolute Gasteiger partial charge is 0.282 e. The van der Waals surface area contributed by atoms with Crippen molar-refractivity contribution in [3.8, 4) is 33.4 Å². The van der Waals surface area contributed by atoms with Gasteiger partial charge in [0.2, 0.25) is 0 Å². The quantitative estimate of drug-likeness (QED) is 0.305. The summed E-state index contributed by atoms with van der Waals surface area (Å²) in [7, 11) is -4.17. The average Bonchev–Trinajstić information content (AvgIpc) is 2.74. The Morgan fingerprint density at radius 2 is 0.724 bits per heavy atom.